The number of piperazine rings is 1. The van der Waals surface area contributed by atoms with Gasteiger partial charge in [0.1, 0.15) is 10.7 Å². The Balaban J connectivity index is 1.31. The molecule has 29 heavy (non-hydrogen) atoms. The molecule has 6 heteroatoms. The van der Waals surface area contributed by atoms with Crippen molar-refractivity contribution >= 4 is 27.2 Å². The van der Waals surface area contributed by atoms with Gasteiger partial charge in [-0.2, -0.15) is 0 Å². The van der Waals surface area contributed by atoms with Crippen molar-refractivity contribution in [2.45, 2.75) is 46.1 Å². The van der Waals surface area contributed by atoms with Crippen LogP contribution in [-0.2, 0) is 19.4 Å². The highest BCUT2D eigenvalue weighted by Crippen LogP contribution is 2.33. The lowest BCUT2D eigenvalue weighted by Gasteiger charge is -2.36. The summed E-state index contributed by atoms with van der Waals surface area (Å²) < 4.78 is 0. The van der Waals surface area contributed by atoms with Gasteiger partial charge in [-0.3, -0.25) is 9.69 Å². The van der Waals surface area contributed by atoms with E-state index in [1.807, 2.05) is 0 Å². The number of anilines is 1. The van der Waals surface area contributed by atoms with E-state index >= 15 is 0 Å². The van der Waals surface area contributed by atoms with Gasteiger partial charge in [-0.1, -0.05) is 12.1 Å². The smallest absolute Gasteiger partial charge is 0.259 e. The van der Waals surface area contributed by atoms with Gasteiger partial charge >= 0.3 is 0 Å². The second-order valence-corrected chi connectivity index (χ2v) is 9.47. The fourth-order valence-corrected chi connectivity index (χ4v) is 6.00. The Labute approximate surface area is 175 Å². The third-order valence-corrected chi connectivity index (χ3v) is 7.72. The molecule has 0 amide bonds. The van der Waals surface area contributed by atoms with Crippen molar-refractivity contribution in [1.29, 1.82) is 0 Å². The van der Waals surface area contributed by atoms with Gasteiger partial charge in [0, 0.05) is 36.7 Å². The van der Waals surface area contributed by atoms with E-state index in [0.29, 0.717) is 6.54 Å². The highest BCUT2D eigenvalue weighted by atomic mass is 32.1. The summed E-state index contributed by atoms with van der Waals surface area (Å²) in [5, 5.41) is 0.855. The van der Waals surface area contributed by atoms with Crippen LogP contribution in [0.3, 0.4) is 0 Å². The molecule has 1 aliphatic carbocycles. The molecule has 152 valence electrons. The SMILES string of the molecule is Cc1cccc(N2CCN(Cc3nc4sc5c(c4c(=O)[nH]3)CCCC5)CC2)c1C. The van der Waals surface area contributed by atoms with Crippen LogP contribution in [0.15, 0.2) is 23.0 Å². The van der Waals surface area contributed by atoms with Gasteiger partial charge in [-0.05, 0) is 62.3 Å². The molecule has 3 aromatic rings. The number of H-pyrrole nitrogens is 1. The second-order valence-electron chi connectivity index (χ2n) is 8.39. The standard InChI is InChI=1S/C23H28N4OS/c1-15-6-5-8-18(16(15)2)27-12-10-26(11-13-27)14-20-24-22(28)21-17-7-3-4-9-19(17)29-23(21)25-20/h5-6,8H,3-4,7,9-14H2,1-2H3,(H,24,25,28). The minimum atomic E-state index is 0.0541. The van der Waals surface area contributed by atoms with E-state index in [2.05, 4.69) is 46.8 Å². The number of nitrogens with one attached hydrogen (secondary N) is 1. The Morgan fingerprint density at radius 1 is 1.10 bits per heavy atom. The van der Waals surface area contributed by atoms with Crippen molar-refractivity contribution in [3.63, 3.8) is 0 Å². The third-order valence-electron chi connectivity index (χ3n) is 6.54. The summed E-state index contributed by atoms with van der Waals surface area (Å²) in [6.07, 6.45) is 4.55. The highest BCUT2D eigenvalue weighted by molar-refractivity contribution is 7.18. The van der Waals surface area contributed by atoms with E-state index in [-0.39, 0.29) is 5.56 Å². The predicted octanol–water partition coefficient (Wildman–Crippen LogP) is 3.80. The number of nitrogens with zero attached hydrogens (tertiary/aromatic N) is 3. The van der Waals surface area contributed by atoms with Crippen LogP contribution in [0.1, 0.15) is 40.2 Å². The normalized spacial score (nSPS) is 17.7. The molecule has 5 rings (SSSR count). The van der Waals surface area contributed by atoms with Gasteiger partial charge in [-0.25, -0.2) is 4.98 Å². The van der Waals surface area contributed by atoms with Gasteiger partial charge < -0.3 is 9.88 Å². The molecule has 1 fully saturated rings. The maximum Gasteiger partial charge on any atom is 0.259 e. The van der Waals surface area contributed by atoms with E-state index in [9.17, 15) is 4.79 Å². The van der Waals surface area contributed by atoms with Gasteiger partial charge in [0.25, 0.3) is 5.56 Å². The number of aromatic amines is 1. The average molecular weight is 409 g/mol. The summed E-state index contributed by atoms with van der Waals surface area (Å²) in [5.41, 5.74) is 5.39. The van der Waals surface area contributed by atoms with Gasteiger partial charge in [-0.15, -0.1) is 11.3 Å². The molecule has 3 heterocycles. The van der Waals surface area contributed by atoms with Crippen molar-refractivity contribution in [3.05, 3.63) is 55.9 Å². The number of rotatable bonds is 3. The quantitative estimate of drug-likeness (QED) is 0.716. The first kappa shape index (κ1) is 18.8. The molecular formula is C23H28N4OS. The van der Waals surface area contributed by atoms with Crippen LogP contribution in [0, 0.1) is 13.8 Å². The molecule has 0 radical (unpaired) electrons. The number of aryl methyl sites for hydroxylation is 3. The summed E-state index contributed by atoms with van der Waals surface area (Å²) >= 11 is 1.73. The van der Waals surface area contributed by atoms with Crippen LogP contribution in [0.2, 0.25) is 0 Å². The molecule has 0 saturated carbocycles. The fourth-order valence-electron chi connectivity index (χ4n) is 4.72. The van der Waals surface area contributed by atoms with Crippen LogP contribution in [0.25, 0.3) is 10.2 Å². The first-order valence-corrected chi connectivity index (χ1v) is 11.5. The Kier molecular flexibility index (Phi) is 4.92. The molecule has 1 aromatic carbocycles. The van der Waals surface area contributed by atoms with Crippen LogP contribution >= 0.6 is 11.3 Å². The number of fused-ring (bicyclic) bond motifs is 3. The Hall–Kier alpha value is -2.18. The Bertz CT molecular complexity index is 1110. The second kappa shape index (κ2) is 7.58. The third kappa shape index (κ3) is 3.49. The lowest BCUT2D eigenvalue weighted by atomic mass is 9.97. The minimum Gasteiger partial charge on any atom is -0.369 e. The molecule has 2 aromatic heterocycles. The van der Waals surface area contributed by atoms with E-state index in [0.717, 1.165) is 55.1 Å². The first-order valence-electron chi connectivity index (χ1n) is 10.7. The van der Waals surface area contributed by atoms with Crippen molar-refractivity contribution in [2.75, 3.05) is 31.1 Å². The van der Waals surface area contributed by atoms with Crippen molar-refractivity contribution < 1.29 is 0 Å². The van der Waals surface area contributed by atoms with E-state index in [4.69, 9.17) is 4.98 Å². The van der Waals surface area contributed by atoms with Crippen LogP contribution in [0.5, 0.6) is 0 Å². The number of thiophene rings is 1. The molecule has 0 atom stereocenters. The summed E-state index contributed by atoms with van der Waals surface area (Å²) in [7, 11) is 0. The maximum atomic E-state index is 12.8. The molecule has 0 spiro atoms. The van der Waals surface area contributed by atoms with E-state index in [1.54, 1.807) is 11.3 Å². The largest absolute Gasteiger partial charge is 0.369 e. The number of benzene rings is 1. The van der Waals surface area contributed by atoms with Crippen molar-refractivity contribution in [3.8, 4) is 0 Å². The lowest BCUT2D eigenvalue weighted by Crippen LogP contribution is -2.46. The van der Waals surface area contributed by atoms with E-state index in [1.165, 1.54) is 40.1 Å². The molecule has 0 unspecified atom stereocenters. The number of aromatic nitrogens is 2. The topological polar surface area (TPSA) is 52.2 Å². The monoisotopic (exact) mass is 408 g/mol. The fraction of sp³-hybridized carbons (Fsp3) is 0.478. The van der Waals surface area contributed by atoms with Crippen LogP contribution in [0.4, 0.5) is 5.69 Å². The zero-order chi connectivity index (χ0) is 20.0. The molecule has 0 bridgehead atoms. The summed E-state index contributed by atoms with van der Waals surface area (Å²) in [5.74, 6) is 0.807. The zero-order valence-corrected chi connectivity index (χ0v) is 18.1. The van der Waals surface area contributed by atoms with Crippen LogP contribution < -0.4 is 10.5 Å². The Morgan fingerprint density at radius 2 is 1.90 bits per heavy atom. The van der Waals surface area contributed by atoms with Crippen molar-refractivity contribution in [1.82, 2.24) is 14.9 Å². The average Bonchev–Trinajstić information content (AvgIpc) is 3.09. The van der Waals surface area contributed by atoms with Gasteiger partial charge in [0.2, 0.25) is 0 Å². The molecule has 1 aliphatic heterocycles. The van der Waals surface area contributed by atoms with E-state index < -0.39 is 0 Å². The van der Waals surface area contributed by atoms with Gasteiger partial charge in [0.15, 0.2) is 0 Å². The summed E-state index contributed by atoms with van der Waals surface area (Å²) in [6.45, 7) is 9.08. The zero-order valence-electron chi connectivity index (χ0n) is 17.3. The number of hydrogen-bond donors (Lipinski definition) is 1. The van der Waals surface area contributed by atoms with Crippen molar-refractivity contribution in [2.24, 2.45) is 0 Å². The van der Waals surface area contributed by atoms with Gasteiger partial charge in [0.05, 0.1) is 11.9 Å². The lowest BCUT2D eigenvalue weighted by molar-refractivity contribution is 0.244. The minimum absolute atomic E-state index is 0.0541. The Morgan fingerprint density at radius 3 is 2.72 bits per heavy atom. The summed E-state index contributed by atoms with van der Waals surface area (Å²) in [4.78, 5) is 27.9. The van der Waals surface area contributed by atoms with Crippen LogP contribution in [-0.4, -0.2) is 41.0 Å². The molecule has 5 nitrogen and oxygen atoms in total. The maximum absolute atomic E-state index is 12.8. The summed E-state index contributed by atoms with van der Waals surface area (Å²) in [6, 6.07) is 6.55. The molecule has 1 N–H and O–H groups in total. The molecule has 1 saturated heterocycles. The number of hydrogen-bond acceptors (Lipinski definition) is 5. The molecule has 2 aliphatic rings. The predicted molar refractivity (Wildman–Crippen MR) is 120 cm³/mol. The highest BCUT2D eigenvalue weighted by Gasteiger charge is 2.22. The first-order chi connectivity index (χ1) is 14.1. The molecular weight excluding hydrogens is 380 g/mol.